The highest BCUT2D eigenvalue weighted by Crippen LogP contribution is 2.32. The number of cyclic esters (lactones) is 1. The molecule has 0 bridgehead atoms. The molecule has 1 aromatic heterocycles. The number of hydrogen-bond acceptors (Lipinski definition) is 9. The van der Waals surface area contributed by atoms with E-state index in [-0.39, 0.29) is 42.4 Å². The minimum atomic E-state index is -1.11. The largest absolute Gasteiger partial charge is 0.493 e. The molecule has 2 heterocycles. The van der Waals surface area contributed by atoms with Gasteiger partial charge in [-0.3, -0.25) is 9.59 Å². The van der Waals surface area contributed by atoms with Crippen molar-refractivity contribution < 1.29 is 38.1 Å². The fourth-order valence-corrected chi connectivity index (χ4v) is 4.37. The van der Waals surface area contributed by atoms with Gasteiger partial charge in [-0.1, -0.05) is 30.3 Å². The van der Waals surface area contributed by atoms with Crippen LogP contribution in [0.2, 0.25) is 0 Å². The molecule has 1 saturated carbocycles. The van der Waals surface area contributed by atoms with Crippen molar-refractivity contribution in [2.75, 3.05) is 26.9 Å². The van der Waals surface area contributed by atoms with Crippen LogP contribution in [0.3, 0.4) is 0 Å². The van der Waals surface area contributed by atoms with Gasteiger partial charge in [-0.2, -0.15) is 0 Å². The topological polar surface area (TPSA) is 122 Å². The third-order valence-electron chi connectivity index (χ3n) is 6.65. The molecule has 10 nitrogen and oxygen atoms in total. The first kappa shape index (κ1) is 27.5. The van der Waals surface area contributed by atoms with Crippen molar-refractivity contribution in [1.29, 1.82) is 0 Å². The molecule has 1 N–H and O–H groups in total. The second-order valence-corrected chi connectivity index (χ2v) is 9.66. The molecule has 1 aromatic carbocycles. The molecule has 1 saturated heterocycles. The summed E-state index contributed by atoms with van der Waals surface area (Å²) >= 11 is 0. The van der Waals surface area contributed by atoms with E-state index in [9.17, 15) is 14.4 Å². The van der Waals surface area contributed by atoms with Gasteiger partial charge in [0, 0.05) is 31.7 Å². The molecule has 10 heteroatoms. The number of benzene rings is 1. The number of nitrogens with one attached hydrogen (secondary N) is 1. The summed E-state index contributed by atoms with van der Waals surface area (Å²) in [5.41, 5.74) is 0.902. The molecule has 1 amide bonds. The van der Waals surface area contributed by atoms with E-state index in [2.05, 4.69) is 10.3 Å². The number of pyridine rings is 1. The highest BCUT2D eigenvalue weighted by Gasteiger charge is 2.37. The number of carbonyl (C=O) groups excluding carboxylic acids is 3. The monoisotopic (exact) mass is 526 g/mol. The van der Waals surface area contributed by atoms with Crippen molar-refractivity contribution >= 4 is 17.8 Å². The molecular formula is C28H34N2O8. The van der Waals surface area contributed by atoms with Gasteiger partial charge < -0.3 is 29.0 Å². The quantitative estimate of drug-likeness (QED) is 0.492. The summed E-state index contributed by atoms with van der Waals surface area (Å²) in [5, 5.41) is 2.62. The second kappa shape index (κ2) is 12.8. The standard InChI is InChI=1S/C28H34N2O8/c1-17-21(13-19-7-5-4-6-8-19)24(36-14-20-9-10-20)16-35-15-22(28(33)37-17)30-27(32)25-26(38-18(2)31)23(34-3)11-12-29-25/h4-8,11-12,17,20-22,24H,9-10,13-16H2,1-3H3,(H,30,32). The fraction of sp³-hybridized carbons (Fsp3) is 0.500. The van der Waals surface area contributed by atoms with Crippen molar-refractivity contribution in [2.45, 2.75) is 51.4 Å². The molecular weight excluding hydrogens is 492 g/mol. The Labute approximate surface area is 222 Å². The van der Waals surface area contributed by atoms with E-state index < -0.39 is 30.0 Å². The van der Waals surface area contributed by atoms with Gasteiger partial charge in [-0.25, -0.2) is 9.78 Å². The Morgan fingerprint density at radius 3 is 2.58 bits per heavy atom. The first-order chi connectivity index (χ1) is 18.4. The lowest BCUT2D eigenvalue weighted by Crippen LogP contribution is -2.46. The molecule has 1 aliphatic carbocycles. The van der Waals surface area contributed by atoms with Crippen LogP contribution in [-0.2, 0) is 30.2 Å². The van der Waals surface area contributed by atoms with Gasteiger partial charge in [0.1, 0.15) is 6.10 Å². The van der Waals surface area contributed by atoms with Gasteiger partial charge in [0.2, 0.25) is 5.75 Å². The summed E-state index contributed by atoms with van der Waals surface area (Å²) < 4.78 is 28.4. The lowest BCUT2D eigenvalue weighted by molar-refractivity contribution is -0.155. The summed E-state index contributed by atoms with van der Waals surface area (Å²) in [5.74, 6) is -1.59. The first-order valence-electron chi connectivity index (χ1n) is 12.8. The Hall–Kier alpha value is -3.50. The Kier molecular flexibility index (Phi) is 9.30. The lowest BCUT2D eigenvalue weighted by Gasteiger charge is -2.31. The molecule has 204 valence electrons. The van der Waals surface area contributed by atoms with Crippen LogP contribution in [0, 0.1) is 11.8 Å². The maximum atomic E-state index is 13.2. The number of amides is 1. The number of nitrogens with zero attached hydrogens (tertiary/aromatic N) is 1. The molecule has 0 radical (unpaired) electrons. The summed E-state index contributed by atoms with van der Waals surface area (Å²) in [6.45, 7) is 3.80. The number of hydrogen-bond donors (Lipinski definition) is 1. The maximum Gasteiger partial charge on any atom is 0.331 e. The van der Waals surface area contributed by atoms with E-state index in [4.69, 9.17) is 23.7 Å². The Morgan fingerprint density at radius 1 is 1.13 bits per heavy atom. The molecule has 1 aliphatic heterocycles. The number of rotatable bonds is 9. The zero-order valence-corrected chi connectivity index (χ0v) is 21.9. The van der Waals surface area contributed by atoms with Crippen LogP contribution in [0.4, 0.5) is 0 Å². The van der Waals surface area contributed by atoms with Gasteiger partial charge in [0.15, 0.2) is 17.5 Å². The van der Waals surface area contributed by atoms with Crippen LogP contribution in [-0.4, -0.2) is 68.0 Å². The minimum absolute atomic E-state index is 0.120. The first-order valence-corrected chi connectivity index (χ1v) is 12.8. The Morgan fingerprint density at radius 2 is 1.89 bits per heavy atom. The Bertz CT molecular complexity index is 1120. The van der Waals surface area contributed by atoms with Gasteiger partial charge in [0.25, 0.3) is 5.91 Å². The van der Waals surface area contributed by atoms with Crippen molar-refractivity contribution in [3.63, 3.8) is 0 Å². The van der Waals surface area contributed by atoms with Crippen LogP contribution in [0.1, 0.15) is 42.7 Å². The predicted molar refractivity (Wildman–Crippen MR) is 136 cm³/mol. The number of aromatic nitrogens is 1. The molecule has 4 unspecified atom stereocenters. The molecule has 2 aliphatic rings. The number of methoxy groups -OCH3 is 1. The van der Waals surface area contributed by atoms with Crippen LogP contribution in [0.25, 0.3) is 0 Å². The van der Waals surface area contributed by atoms with E-state index in [0.717, 1.165) is 18.4 Å². The third-order valence-corrected chi connectivity index (χ3v) is 6.65. The third kappa shape index (κ3) is 7.29. The van der Waals surface area contributed by atoms with Crippen molar-refractivity contribution in [1.82, 2.24) is 10.3 Å². The van der Waals surface area contributed by atoms with Crippen LogP contribution in [0.5, 0.6) is 11.5 Å². The van der Waals surface area contributed by atoms with E-state index >= 15 is 0 Å². The van der Waals surface area contributed by atoms with E-state index in [1.54, 1.807) is 0 Å². The molecule has 4 rings (SSSR count). The normalized spacial score (nSPS) is 23.8. The molecule has 0 spiro atoms. The van der Waals surface area contributed by atoms with Gasteiger partial charge in [0.05, 0.1) is 26.4 Å². The average Bonchev–Trinajstić information content (AvgIpc) is 3.72. The summed E-state index contributed by atoms with van der Waals surface area (Å²) in [6, 6.07) is 10.3. The van der Waals surface area contributed by atoms with E-state index in [1.807, 2.05) is 37.3 Å². The van der Waals surface area contributed by atoms with Crippen molar-refractivity contribution in [3.05, 3.63) is 53.9 Å². The zero-order valence-electron chi connectivity index (χ0n) is 21.9. The highest BCUT2D eigenvalue weighted by atomic mass is 16.6. The maximum absolute atomic E-state index is 13.2. The number of carbonyl (C=O) groups is 3. The SMILES string of the molecule is COc1ccnc(C(=O)NC2COCC(OCC3CC3)C(Cc3ccccc3)C(C)OC2=O)c1OC(C)=O. The lowest BCUT2D eigenvalue weighted by atomic mass is 9.89. The van der Waals surface area contributed by atoms with Crippen LogP contribution in [0.15, 0.2) is 42.6 Å². The van der Waals surface area contributed by atoms with Gasteiger partial charge in [-0.05, 0) is 37.7 Å². The second-order valence-electron chi connectivity index (χ2n) is 9.66. The van der Waals surface area contributed by atoms with E-state index in [0.29, 0.717) is 18.9 Å². The summed E-state index contributed by atoms with van der Waals surface area (Å²) in [7, 11) is 1.38. The number of esters is 2. The van der Waals surface area contributed by atoms with Crippen LogP contribution >= 0.6 is 0 Å². The average molecular weight is 527 g/mol. The summed E-state index contributed by atoms with van der Waals surface area (Å²) in [6.07, 6.45) is 3.51. The minimum Gasteiger partial charge on any atom is -0.493 e. The fourth-order valence-electron chi connectivity index (χ4n) is 4.37. The summed E-state index contributed by atoms with van der Waals surface area (Å²) in [4.78, 5) is 42.0. The molecule has 2 aromatic rings. The van der Waals surface area contributed by atoms with Crippen molar-refractivity contribution in [3.8, 4) is 11.5 Å². The van der Waals surface area contributed by atoms with Crippen LogP contribution < -0.4 is 14.8 Å². The van der Waals surface area contributed by atoms with Gasteiger partial charge >= 0.3 is 11.9 Å². The van der Waals surface area contributed by atoms with E-state index in [1.165, 1.54) is 26.3 Å². The molecule has 4 atom stereocenters. The van der Waals surface area contributed by atoms with Crippen molar-refractivity contribution in [2.24, 2.45) is 11.8 Å². The predicted octanol–water partition coefficient (Wildman–Crippen LogP) is 2.73. The van der Waals surface area contributed by atoms with Gasteiger partial charge in [-0.15, -0.1) is 0 Å². The number of ether oxygens (including phenoxy) is 5. The Balaban J connectivity index is 1.51. The molecule has 2 fully saturated rings. The highest BCUT2D eigenvalue weighted by molar-refractivity contribution is 5.98. The smallest absolute Gasteiger partial charge is 0.331 e. The zero-order chi connectivity index (χ0) is 27.1. The molecule has 38 heavy (non-hydrogen) atoms.